The van der Waals surface area contributed by atoms with Gasteiger partial charge in [0.05, 0.1) is 37.4 Å². The van der Waals surface area contributed by atoms with Gasteiger partial charge in [-0.05, 0) is 49.2 Å². The van der Waals surface area contributed by atoms with Crippen LogP contribution in [0.15, 0.2) is 76.5 Å². The number of hydrogen-bond donors (Lipinski definition) is 2. The quantitative estimate of drug-likeness (QED) is 0.425. The van der Waals surface area contributed by atoms with Crippen molar-refractivity contribution in [2.24, 2.45) is 11.8 Å². The van der Waals surface area contributed by atoms with Gasteiger partial charge in [0.25, 0.3) is 11.8 Å². The Bertz CT molecular complexity index is 1300. The molecular formula is C32H38N3O2S+. The average Bonchev–Trinajstić information content (AvgIpc) is 3.01. The van der Waals surface area contributed by atoms with Gasteiger partial charge in [0.2, 0.25) is 0 Å². The van der Waals surface area contributed by atoms with Crippen LogP contribution in [0.2, 0.25) is 0 Å². The smallest absolute Gasteiger partial charge is 0.259 e. The first-order valence-electron chi connectivity index (χ1n) is 13.8. The van der Waals surface area contributed by atoms with E-state index >= 15 is 0 Å². The van der Waals surface area contributed by atoms with Crippen LogP contribution < -0.4 is 15.1 Å². The van der Waals surface area contributed by atoms with E-state index in [-0.39, 0.29) is 11.8 Å². The number of benzene rings is 3. The number of nitrogens with one attached hydrogen (secondary N) is 2. The number of likely N-dealkylation sites (tertiary alicyclic amines) is 1. The molecule has 2 unspecified atom stereocenters. The van der Waals surface area contributed by atoms with E-state index in [1.165, 1.54) is 25.1 Å². The number of nitrogens with zero attached hydrogens (tertiary/aromatic N) is 1. The van der Waals surface area contributed by atoms with E-state index in [9.17, 15) is 9.59 Å². The standard InChI is InChI=1S/C32H37N3O2S/c1-22-9-11-25(12-10-22)21-35-28-18-26(13-14-30(28)38-29-8-5-4-7-27(29)32(35)37)31(36)33-15-6-16-34-19-23(2)17-24(3)20-34/h4-5,7-14,18,23-24H,6,15-17,19-21H2,1-3H3,(H,33,36)/p+1. The molecule has 3 aromatic carbocycles. The number of hydrogen-bond acceptors (Lipinski definition) is 3. The van der Waals surface area contributed by atoms with Crippen LogP contribution in [0.5, 0.6) is 0 Å². The summed E-state index contributed by atoms with van der Waals surface area (Å²) < 4.78 is 0. The molecule has 2 aliphatic heterocycles. The van der Waals surface area contributed by atoms with Crippen LogP contribution >= 0.6 is 11.8 Å². The van der Waals surface area contributed by atoms with Gasteiger partial charge in [-0.3, -0.25) is 9.59 Å². The molecule has 2 aliphatic rings. The fourth-order valence-electron chi connectivity index (χ4n) is 5.86. The highest BCUT2D eigenvalue weighted by atomic mass is 32.2. The second kappa shape index (κ2) is 11.7. The number of amides is 2. The number of carbonyl (C=O) groups is 2. The van der Waals surface area contributed by atoms with E-state index in [0.29, 0.717) is 24.2 Å². The Labute approximate surface area is 230 Å². The van der Waals surface area contributed by atoms with Crippen molar-refractivity contribution in [2.45, 2.75) is 49.9 Å². The second-order valence-electron chi connectivity index (χ2n) is 11.1. The lowest BCUT2D eigenvalue weighted by molar-refractivity contribution is -0.912. The molecule has 0 spiro atoms. The topological polar surface area (TPSA) is 53.9 Å². The molecule has 2 amide bonds. The Morgan fingerprint density at radius 2 is 1.74 bits per heavy atom. The number of carbonyl (C=O) groups excluding carboxylic acids is 2. The number of rotatable bonds is 7. The van der Waals surface area contributed by atoms with Crippen LogP contribution in [0, 0.1) is 18.8 Å². The van der Waals surface area contributed by atoms with Crippen molar-refractivity contribution in [1.82, 2.24) is 5.32 Å². The van der Waals surface area contributed by atoms with Crippen LogP contribution in [-0.2, 0) is 6.54 Å². The SMILES string of the molecule is Cc1ccc(CN2C(=O)c3ccccc3Sc3ccc(C(=O)NCCC[NH+]4CC(C)CC(C)C4)cc32)cc1. The first-order valence-corrected chi connectivity index (χ1v) is 14.6. The molecule has 5 rings (SSSR count). The van der Waals surface area contributed by atoms with E-state index in [2.05, 4.69) is 50.4 Å². The van der Waals surface area contributed by atoms with E-state index in [4.69, 9.17) is 0 Å². The Balaban J connectivity index is 1.32. The van der Waals surface area contributed by atoms with Gasteiger partial charge in [-0.15, -0.1) is 0 Å². The highest BCUT2D eigenvalue weighted by Crippen LogP contribution is 2.42. The van der Waals surface area contributed by atoms with Crippen molar-refractivity contribution in [3.8, 4) is 0 Å². The van der Waals surface area contributed by atoms with Crippen LogP contribution in [0.4, 0.5) is 5.69 Å². The summed E-state index contributed by atoms with van der Waals surface area (Å²) in [6.07, 6.45) is 2.29. The zero-order valence-corrected chi connectivity index (χ0v) is 23.4. The van der Waals surface area contributed by atoms with Crippen molar-refractivity contribution < 1.29 is 14.5 Å². The number of piperidine rings is 1. The fourth-order valence-corrected chi connectivity index (χ4v) is 6.92. The summed E-state index contributed by atoms with van der Waals surface area (Å²) in [5.41, 5.74) is 4.30. The molecule has 0 aliphatic carbocycles. The number of aryl methyl sites for hydroxylation is 1. The van der Waals surface area contributed by atoms with E-state index in [0.717, 1.165) is 45.8 Å². The van der Waals surface area contributed by atoms with Crippen molar-refractivity contribution >= 4 is 29.3 Å². The zero-order valence-electron chi connectivity index (χ0n) is 22.6. The van der Waals surface area contributed by atoms with Crippen LogP contribution in [-0.4, -0.2) is 38.0 Å². The lowest BCUT2D eigenvalue weighted by Crippen LogP contribution is -3.14. The molecule has 2 heterocycles. The molecule has 0 radical (unpaired) electrons. The summed E-state index contributed by atoms with van der Waals surface area (Å²) in [7, 11) is 0. The van der Waals surface area contributed by atoms with Gasteiger partial charge in [0, 0.05) is 40.2 Å². The fraction of sp³-hybridized carbons (Fsp3) is 0.375. The molecule has 38 heavy (non-hydrogen) atoms. The largest absolute Gasteiger partial charge is 0.352 e. The maximum absolute atomic E-state index is 13.8. The summed E-state index contributed by atoms with van der Waals surface area (Å²) in [5.74, 6) is 1.42. The Hall–Kier alpha value is -3.09. The van der Waals surface area contributed by atoms with Crippen LogP contribution in [0.25, 0.3) is 0 Å². The maximum Gasteiger partial charge on any atom is 0.259 e. The van der Waals surface area contributed by atoms with Gasteiger partial charge in [-0.25, -0.2) is 0 Å². The van der Waals surface area contributed by atoms with Crippen molar-refractivity contribution in [2.75, 3.05) is 31.1 Å². The van der Waals surface area contributed by atoms with Gasteiger partial charge in [-0.1, -0.05) is 67.6 Å². The van der Waals surface area contributed by atoms with Gasteiger partial charge in [0.15, 0.2) is 0 Å². The normalized spacial score (nSPS) is 20.9. The predicted molar refractivity (Wildman–Crippen MR) is 154 cm³/mol. The highest BCUT2D eigenvalue weighted by Gasteiger charge is 2.28. The Morgan fingerprint density at radius 3 is 2.50 bits per heavy atom. The molecule has 0 saturated carbocycles. The second-order valence-corrected chi connectivity index (χ2v) is 12.2. The third-order valence-corrected chi connectivity index (χ3v) is 8.77. The van der Waals surface area contributed by atoms with E-state index in [1.807, 2.05) is 47.4 Å². The Morgan fingerprint density at radius 1 is 1.00 bits per heavy atom. The van der Waals surface area contributed by atoms with Gasteiger partial charge in [-0.2, -0.15) is 0 Å². The monoisotopic (exact) mass is 528 g/mol. The number of fused-ring (bicyclic) bond motifs is 2. The third-order valence-electron chi connectivity index (χ3n) is 7.63. The molecule has 5 nitrogen and oxygen atoms in total. The highest BCUT2D eigenvalue weighted by molar-refractivity contribution is 7.99. The predicted octanol–water partition coefficient (Wildman–Crippen LogP) is 4.99. The molecule has 0 bridgehead atoms. The minimum absolute atomic E-state index is 0.0436. The molecular weight excluding hydrogens is 490 g/mol. The summed E-state index contributed by atoms with van der Waals surface area (Å²) in [5, 5.41) is 3.12. The van der Waals surface area contributed by atoms with Gasteiger partial charge >= 0.3 is 0 Å². The summed E-state index contributed by atoms with van der Waals surface area (Å²) in [6.45, 7) is 11.4. The minimum Gasteiger partial charge on any atom is -0.352 e. The first-order chi connectivity index (χ1) is 18.4. The summed E-state index contributed by atoms with van der Waals surface area (Å²) in [4.78, 5) is 32.3. The van der Waals surface area contributed by atoms with Crippen molar-refractivity contribution in [3.05, 3.63) is 89.0 Å². The minimum atomic E-state index is -0.0855. The molecule has 2 atom stereocenters. The van der Waals surface area contributed by atoms with E-state index in [1.54, 1.807) is 16.7 Å². The average molecular weight is 529 g/mol. The molecule has 0 aromatic heterocycles. The van der Waals surface area contributed by atoms with Crippen molar-refractivity contribution in [3.63, 3.8) is 0 Å². The van der Waals surface area contributed by atoms with E-state index < -0.39 is 0 Å². The molecule has 3 aromatic rings. The Kier molecular flexibility index (Phi) is 8.20. The van der Waals surface area contributed by atoms with Crippen molar-refractivity contribution in [1.29, 1.82) is 0 Å². The van der Waals surface area contributed by atoms with Gasteiger partial charge < -0.3 is 15.1 Å². The molecule has 198 valence electrons. The number of anilines is 1. The van der Waals surface area contributed by atoms with Crippen LogP contribution in [0.1, 0.15) is 58.5 Å². The summed E-state index contributed by atoms with van der Waals surface area (Å²) in [6, 6.07) is 21.7. The lowest BCUT2D eigenvalue weighted by atomic mass is 9.92. The summed E-state index contributed by atoms with van der Waals surface area (Å²) >= 11 is 1.58. The van der Waals surface area contributed by atoms with Gasteiger partial charge in [0.1, 0.15) is 0 Å². The molecule has 6 heteroatoms. The molecule has 1 fully saturated rings. The first kappa shape index (κ1) is 26.5. The molecule has 2 N–H and O–H groups in total. The third kappa shape index (κ3) is 6.13. The lowest BCUT2D eigenvalue weighted by Gasteiger charge is -2.32. The zero-order chi connectivity index (χ0) is 26.6. The number of quaternary nitrogens is 1. The van der Waals surface area contributed by atoms with Crippen LogP contribution in [0.3, 0.4) is 0 Å². The maximum atomic E-state index is 13.8. The molecule has 1 saturated heterocycles.